The number of halogens is 1. The third-order valence-corrected chi connectivity index (χ3v) is 7.40. The lowest BCUT2D eigenvalue weighted by Gasteiger charge is -2.15. The SMILES string of the molecule is COc1ccc(-c2nnc(SC3CC(=O)N(c4ccc(Br)cc4)C3=O)nc2-c2ccc(OC)cc2)cc1. The molecule has 0 bridgehead atoms. The van der Waals surface area contributed by atoms with Gasteiger partial charge in [-0.05, 0) is 72.8 Å². The summed E-state index contributed by atoms with van der Waals surface area (Å²) < 4.78 is 11.4. The van der Waals surface area contributed by atoms with Gasteiger partial charge in [0.05, 0.1) is 19.9 Å². The van der Waals surface area contributed by atoms with E-state index >= 15 is 0 Å². The number of aromatic nitrogens is 3. The van der Waals surface area contributed by atoms with Crippen LogP contribution in [0.25, 0.3) is 22.5 Å². The first-order valence-electron chi connectivity index (χ1n) is 11.3. The summed E-state index contributed by atoms with van der Waals surface area (Å²) in [6.45, 7) is 0. The quantitative estimate of drug-likeness (QED) is 0.269. The predicted molar refractivity (Wildman–Crippen MR) is 145 cm³/mol. The maximum absolute atomic E-state index is 13.2. The highest BCUT2D eigenvalue weighted by molar-refractivity contribution is 9.10. The number of carbonyl (C=O) groups is 2. The molecule has 1 fully saturated rings. The normalized spacial score (nSPS) is 15.2. The number of carbonyl (C=O) groups excluding carboxylic acids is 2. The molecule has 8 nitrogen and oxygen atoms in total. The molecule has 0 saturated carbocycles. The van der Waals surface area contributed by atoms with Gasteiger partial charge in [0.1, 0.15) is 28.1 Å². The van der Waals surface area contributed by atoms with Crippen molar-refractivity contribution in [2.45, 2.75) is 16.8 Å². The van der Waals surface area contributed by atoms with E-state index in [1.54, 1.807) is 38.5 Å². The van der Waals surface area contributed by atoms with Gasteiger partial charge in [0.25, 0.3) is 0 Å². The second-order valence-corrected chi connectivity index (χ2v) is 10.2. The van der Waals surface area contributed by atoms with Crippen LogP contribution in [0, 0.1) is 0 Å². The second-order valence-electron chi connectivity index (χ2n) is 8.10. The lowest BCUT2D eigenvalue weighted by Crippen LogP contribution is -2.31. The van der Waals surface area contributed by atoms with Crippen molar-refractivity contribution in [2.75, 3.05) is 19.1 Å². The summed E-state index contributed by atoms with van der Waals surface area (Å²) in [6.07, 6.45) is 0.0566. The number of hydrogen-bond donors (Lipinski definition) is 0. The predicted octanol–water partition coefficient (Wildman–Crippen LogP) is 5.41. The van der Waals surface area contributed by atoms with Crippen LogP contribution in [0.4, 0.5) is 5.69 Å². The Hall–Kier alpha value is -3.76. The zero-order valence-corrected chi connectivity index (χ0v) is 22.3. The third-order valence-electron chi connectivity index (χ3n) is 5.83. The first-order valence-corrected chi connectivity index (χ1v) is 13.0. The highest BCUT2D eigenvalue weighted by atomic mass is 79.9. The highest BCUT2D eigenvalue weighted by Crippen LogP contribution is 2.36. The van der Waals surface area contributed by atoms with E-state index in [-0.39, 0.29) is 18.2 Å². The molecule has 2 heterocycles. The monoisotopic (exact) mass is 576 g/mol. The molecule has 5 rings (SSSR count). The molecule has 1 saturated heterocycles. The van der Waals surface area contributed by atoms with Gasteiger partial charge in [0.15, 0.2) is 0 Å². The largest absolute Gasteiger partial charge is 0.497 e. The van der Waals surface area contributed by atoms with Crippen molar-refractivity contribution >= 4 is 45.2 Å². The summed E-state index contributed by atoms with van der Waals surface area (Å²) in [6, 6.07) is 22.0. The van der Waals surface area contributed by atoms with Crippen LogP contribution in [0.3, 0.4) is 0 Å². The lowest BCUT2D eigenvalue weighted by molar-refractivity contribution is -0.121. The number of amides is 2. The first-order chi connectivity index (χ1) is 18.0. The van der Waals surface area contributed by atoms with Crippen LogP contribution in [0.15, 0.2) is 82.4 Å². The molecule has 1 unspecified atom stereocenters. The van der Waals surface area contributed by atoms with Crippen LogP contribution in [0.1, 0.15) is 6.42 Å². The smallest absolute Gasteiger partial charge is 0.247 e. The molecule has 1 aromatic heterocycles. The maximum Gasteiger partial charge on any atom is 0.247 e. The van der Waals surface area contributed by atoms with Gasteiger partial charge >= 0.3 is 0 Å². The fourth-order valence-electron chi connectivity index (χ4n) is 3.94. The maximum atomic E-state index is 13.2. The van der Waals surface area contributed by atoms with Gasteiger partial charge in [-0.1, -0.05) is 27.7 Å². The number of imide groups is 1. The van der Waals surface area contributed by atoms with E-state index in [0.717, 1.165) is 38.9 Å². The molecule has 0 radical (unpaired) electrons. The van der Waals surface area contributed by atoms with Crippen LogP contribution in [-0.4, -0.2) is 46.5 Å². The molecule has 1 aliphatic rings. The van der Waals surface area contributed by atoms with Crippen LogP contribution >= 0.6 is 27.7 Å². The zero-order valence-electron chi connectivity index (χ0n) is 19.9. The highest BCUT2D eigenvalue weighted by Gasteiger charge is 2.40. The van der Waals surface area contributed by atoms with Gasteiger partial charge in [0, 0.05) is 22.0 Å². The Bertz CT molecular complexity index is 1450. The van der Waals surface area contributed by atoms with E-state index in [2.05, 4.69) is 26.1 Å². The molecule has 0 spiro atoms. The van der Waals surface area contributed by atoms with Gasteiger partial charge in [-0.15, -0.1) is 10.2 Å². The number of methoxy groups -OCH3 is 2. The molecule has 2 amide bonds. The zero-order chi connectivity index (χ0) is 25.9. The standard InChI is InChI=1S/C27H21BrN4O4S/c1-35-20-11-3-16(4-12-20)24-25(17-5-13-21(36-2)14-6-17)30-31-27(29-24)37-22-15-23(33)32(26(22)34)19-9-7-18(28)8-10-19/h3-14,22H,15H2,1-2H3. The minimum atomic E-state index is -0.645. The number of hydrogen-bond acceptors (Lipinski definition) is 8. The Balaban J connectivity index is 1.47. The topological polar surface area (TPSA) is 94.5 Å². The Kier molecular flexibility index (Phi) is 7.20. The number of nitrogens with zero attached hydrogens (tertiary/aromatic N) is 4. The van der Waals surface area contributed by atoms with E-state index in [1.807, 2.05) is 48.5 Å². The van der Waals surface area contributed by atoms with Crippen LogP contribution in [0.2, 0.25) is 0 Å². The Morgan fingerprint density at radius 1 is 0.811 bits per heavy atom. The van der Waals surface area contributed by atoms with E-state index in [0.29, 0.717) is 22.2 Å². The molecular weight excluding hydrogens is 556 g/mol. The molecule has 0 aliphatic carbocycles. The number of anilines is 1. The number of thioether (sulfide) groups is 1. The molecule has 4 aromatic rings. The summed E-state index contributed by atoms with van der Waals surface area (Å²) in [5.41, 5.74) is 3.36. The third kappa shape index (κ3) is 5.21. The van der Waals surface area contributed by atoms with Crippen molar-refractivity contribution in [1.29, 1.82) is 0 Å². The lowest BCUT2D eigenvalue weighted by atomic mass is 10.0. The summed E-state index contributed by atoms with van der Waals surface area (Å²) in [7, 11) is 3.22. The Morgan fingerprint density at radius 3 is 1.95 bits per heavy atom. The van der Waals surface area contributed by atoms with E-state index in [9.17, 15) is 9.59 Å². The Morgan fingerprint density at radius 2 is 1.38 bits per heavy atom. The minimum absolute atomic E-state index is 0.0566. The summed E-state index contributed by atoms with van der Waals surface area (Å²) >= 11 is 4.52. The number of benzene rings is 3. The van der Waals surface area contributed by atoms with Gasteiger partial charge in [0.2, 0.25) is 17.0 Å². The summed E-state index contributed by atoms with van der Waals surface area (Å²) in [5.74, 6) is 0.881. The van der Waals surface area contributed by atoms with Crippen LogP contribution in [-0.2, 0) is 9.59 Å². The molecule has 37 heavy (non-hydrogen) atoms. The number of ether oxygens (including phenoxy) is 2. The van der Waals surface area contributed by atoms with Crippen molar-refractivity contribution in [2.24, 2.45) is 0 Å². The van der Waals surface area contributed by atoms with Gasteiger partial charge in [-0.2, -0.15) is 0 Å². The van der Waals surface area contributed by atoms with Gasteiger partial charge in [-0.25, -0.2) is 9.88 Å². The Labute approximate surface area is 226 Å². The first kappa shape index (κ1) is 24.9. The van der Waals surface area contributed by atoms with Crippen molar-refractivity contribution in [3.8, 4) is 34.0 Å². The number of rotatable bonds is 7. The van der Waals surface area contributed by atoms with E-state index in [4.69, 9.17) is 14.5 Å². The fourth-order valence-corrected chi connectivity index (χ4v) is 5.12. The van der Waals surface area contributed by atoms with E-state index < -0.39 is 5.25 Å². The molecule has 3 aromatic carbocycles. The molecule has 1 atom stereocenters. The van der Waals surface area contributed by atoms with Crippen molar-refractivity contribution < 1.29 is 19.1 Å². The molecule has 1 aliphatic heterocycles. The van der Waals surface area contributed by atoms with Gasteiger partial charge in [-0.3, -0.25) is 9.59 Å². The fraction of sp³-hybridized carbons (Fsp3) is 0.148. The molecular formula is C27H21BrN4O4S. The van der Waals surface area contributed by atoms with Crippen LogP contribution in [0.5, 0.6) is 11.5 Å². The molecule has 0 N–H and O–H groups in total. The van der Waals surface area contributed by atoms with E-state index in [1.165, 1.54) is 4.90 Å². The average molecular weight is 577 g/mol. The molecule has 186 valence electrons. The van der Waals surface area contributed by atoms with Crippen molar-refractivity contribution in [1.82, 2.24) is 15.2 Å². The molecule has 10 heteroatoms. The van der Waals surface area contributed by atoms with Crippen LogP contribution < -0.4 is 14.4 Å². The summed E-state index contributed by atoms with van der Waals surface area (Å²) in [5, 5.41) is 8.45. The van der Waals surface area contributed by atoms with Crippen molar-refractivity contribution in [3.63, 3.8) is 0 Å². The van der Waals surface area contributed by atoms with Gasteiger partial charge < -0.3 is 9.47 Å². The average Bonchev–Trinajstić information content (AvgIpc) is 3.21. The minimum Gasteiger partial charge on any atom is -0.497 e. The van der Waals surface area contributed by atoms with Crippen molar-refractivity contribution in [3.05, 3.63) is 77.3 Å². The second kappa shape index (κ2) is 10.7. The summed E-state index contributed by atoms with van der Waals surface area (Å²) in [4.78, 5) is 31.9.